The van der Waals surface area contributed by atoms with Gasteiger partial charge < -0.3 is 5.73 Å². The summed E-state index contributed by atoms with van der Waals surface area (Å²) in [5, 5.41) is 0. The Kier molecular flexibility index (Phi) is 21.8. The molecular formula is C20H43NO2. The Labute approximate surface area is 145 Å². The summed E-state index contributed by atoms with van der Waals surface area (Å²) in [6, 6.07) is 0. The van der Waals surface area contributed by atoms with E-state index >= 15 is 0 Å². The van der Waals surface area contributed by atoms with E-state index in [1.54, 1.807) is 0 Å². The fourth-order valence-corrected chi connectivity index (χ4v) is 2.88. The maximum atomic E-state index is 5.30. The van der Waals surface area contributed by atoms with E-state index in [9.17, 15) is 0 Å². The highest BCUT2D eigenvalue weighted by atomic mass is 17.2. The van der Waals surface area contributed by atoms with Gasteiger partial charge in [0.05, 0.1) is 13.2 Å². The summed E-state index contributed by atoms with van der Waals surface area (Å²) in [7, 11) is 0. The van der Waals surface area contributed by atoms with Crippen molar-refractivity contribution in [1.29, 1.82) is 0 Å². The van der Waals surface area contributed by atoms with Crippen LogP contribution in [0.1, 0.15) is 110 Å². The van der Waals surface area contributed by atoms with E-state index in [2.05, 4.69) is 6.92 Å². The molecule has 0 radical (unpaired) electrons. The van der Waals surface area contributed by atoms with Crippen LogP contribution in [-0.2, 0) is 9.78 Å². The fourth-order valence-electron chi connectivity index (χ4n) is 2.88. The van der Waals surface area contributed by atoms with Gasteiger partial charge >= 0.3 is 0 Å². The van der Waals surface area contributed by atoms with Crippen molar-refractivity contribution in [2.45, 2.75) is 110 Å². The summed E-state index contributed by atoms with van der Waals surface area (Å²) in [5.74, 6) is 0. The monoisotopic (exact) mass is 329 g/mol. The lowest BCUT2D eigenvalue weighted by Crippen LogP contribution is -2.09. The molecule has 0 saturated heterocycles. The Morgan fingerprint density at radius 1 is 0.478 bits per heavy atom. The molecule has 0 fully saturated rings. The minimum absolute atomic E-state index is 0.499. The molecule has 3 heteroatoms. The topological polar surface area (TPSA) is 44.5 Å². The molecular weight excluding hydrogens is 286 g/mol. The molecule has 0 aliphatic carbocycles. The summed E-state index contributed by atoms with van der Waals surface area (Å²) in [6.07, 6.45) is 22.3. The number of nitrogens with two attached hydrogens (primary N) is 1. The van der Waals surface area contributed by atoms with Gasteiger partial charge in [-0.15, -0.1) is 0 Å². The molecule has 0 unspecified atom stereocenters. The van der Waals surface area contributed by atoms with Gasteiger partial charge in [-0.3, -0.25) is 0 Å². The van der Waals surface area contributed by atoms with Crippen molar-refractivity contribution < 1.29 is 9.78 Å². The van der Waals surface area contributed by atoms with Crippen LogP contribution in [0, 0.1) is 0 Å². The SMILES string of the molecule is CCCCCCCCCCCCCCCCCCOOCCN. The number of hydrogen-bond acceptors (Lipinski definition) is 3. The zero-order valence-corrected chi connectivity index (χ0v) is 15.8. The fraction of sp³-hybridized carbons (Fsp3) is 1.00. The van der Waals surface area contributed by atoms with Crippen LogP contribution >= 0.6 is 0 Å². The zero-order chi connectivity index (χ0) is 16.8. The van der Waals surface area contributed by atoms with Crippen molar-refractivity contribution >= 4 is 0 Å². The third kappa shape index (κ3) is 21.9. The van der Waals surface area contributed by atoms with Gasteiger partial charge in [-0.1, -0.05) is 103 Å². The molecule has 140 valence electrons. The van der Waals surface area contributed by atoms with Crippen LogP contribution in [0.2, 0.25) is 0 Å². The first-order valence-electron chi connectivity index (χ1n) is 10.4. The van der Waals surface area contributed by atoms with E-state index in [1.807, 2.05) is 0 Å². The lowest BCUT2D eigenvalue weighted by molar-refractivity contribution is -0.292. The molecule has 0 atom stereocenters. The molecule has 0 bridgehead atoms. The third-order valence-electron chi connectivity index (χ3n) is 4.37. The zero-order valence-electron chi connectivity index (χ0n) is 15.8. The molecule has 0 saturated carbocycles. The van der Waals surface area contributed by atoms with Crippen molar-refractivity contribution in [2.24, 2.45) is 5.73 Å². The quantitative estimate of drug-likeness (QED) is 0.165. The highest BCUT2D eigenvalue weighted by Gasteiger charge is 1.95. The minimum atomic E-state index is 0.499. The van der Waals surface area contributed by atoms with Crippen LogP contribution in [0.25, 0.3) is 0 Å². The Bertz CT molecular complexity index is 180. The van der Waals surface area contributed by atoms with E-state index in [0.717, 1.165) is 6.42 Å². The first kappa shape index (κ1) is 22.9. The summed E-state index contributed by atoms with van der Waals surface area (Å²) in [5.41, 5.74) is 5.30. The molecule has 0 aliphatic rings. The average molecular weight is 330 g/mol. The molecule has 2 N–H and O–H groups in total. The second-order valence-electron chi connectivity index (χ2n) is 6.74. The van der Waals surface area contributed by atoms with Crippen molar-refractivity contribution in [3.8, 4) is 0 Å². The Hall–Kier alpha value is -0.120. The summed E-state index contributed by atoms with van der Waals surface area (Å²) in [6.45, 7) is 4.02. The predicted octanol–water partition coefficient (Wildman–Crippen LogP) is 6.15. The molecule has 0 rings (SSSR count). The van der Waals surface area contributed by atoms with Crippen molar-refractivity contribution in [1.82, 2.24) is 0 Å². The lowest BCUT2D eigenvalue weighted by atomic mass is 10.0. The maximum Gasteiger partial charge on any atom is 0.0944 e. The van der Waals surface area contributed by atoms with Crippen LogP contribution in [0.4, 0.5) is 0 Å². The van der Waals surface area contributed by atoms with Gasteiger partial charge in [-0.2, -0.15) is 0 Å². The summed E-state index contributed by atoms with van der Waals surface area (Å²) >= 11 is 0. The van der Waals surface area contributed by atoms with E-state index in [0.29, 0.717) is 19.8 Å². The lowest BCUT2D eigenvalue weighted by Gasteiger charge is -2.04. The number of rotatable bonds is 20. The first-order valence-corrected chi connectivity index (χ1v) is 10.4. The minimum Gasteiger partial charge on any atom is -0.328 e. The molecule has 0 spiro atoms. The third-order valence-corrected chi connectivity index (χ3v) is 4.37. The molecule has 0 aliphatic heterocycles. The Morgan fingerprint density at radius 2 is 0.826 bits per heavy atom. The maximum absolute atomic E-state index is 5.30. The van der Waals surface area contributed by atoms with E-state index in [1.165, 1.54) is 96.3 Å². The van der Waals surface area contributed by atoms with Gasteiger partial charge in [0.25, 0.3) is 0 Å². The van der Waals surface area contributed by atoms with Gasteiger partial charge in [0.1, 0.15) is 0 Å². The van der Waals surface area contributed by atoms with Crippen LogP contribution in [-0.4, -0.2) is 19.8 Å². The highest BCUT2D eigenvalue weighted by Crippen LogP contribution is 2.13. The molecule has 0 aromatic carbocycles. The second kappa shape index (κ2) is 21.9. The van der Waals surface area contributed by atoms with Gasteiger partial charge in [-0.25, -0.2) is 9.78 Å². The van der Waals surface area contributed by atoms with Gasteiger partial charge in [0.15, 0.2) is 0 Å². The normalized spacial score (nSPS) is 11.2. The smallest absolute Gasteiger partial charge is 0.0944 e. The first-order chi connectivity index (χ1) is 11.4. The number of unbranched alkanes of at least 4 members (excludes halogenated alkanes) is 15. The molecule has 0 aromatic rings. The van der Waals surface area contributed by atoms with Gasteiger partial charge in [0, 0.05) is 6.54 Å². The van der Waals surface area contributed by atoms with Crippen molar-refractivity contribution in [2.75, 3.05) is 19.8 Å². The summed E-state index contributed by atoms with van der Waals surface area (Å²) in [4.78, 5) is 9.90. The molecule has 23 heavy (non-hydrogen) atoms. The van der Waals surface area contributed by atoms with Crippen LogP contribution in [0.5, 0.6) is 0 Å². The predicted molar refractivity (Wildman–Crippen MR) is 101 cm³/mol. The van der Waals surface area contributed by atoms with E-state index in [-0.39, 0.29) is 0 Å². The summed E-state index contributed by atoms with van der Waals surface area (Å²) < 4.78 is 0. The largest absolute Gasteiger partial charge is 0.328 e. The van der Waals surface area contributed by atoms with Crippen molar-refractivity contribution in [3.63, 3.8) is 0 Å². The Balaban J connectivity index is 2.92. The van der Waals surface area contributed by atoms with Gasteiger partial charge in [-0.05, 0) is 6.42 Å². The Morgan fingerprint density at radius 3 is 1.22 bits per heavy atom. The highest BCUT2D eigenvalue weighted by molar-refractivity contribution is 4.49. The average Bonchev–Trinajstić information content (AvgIpc) is 2.57. The molecule has 0 aromatic heterocycles. The van der Waals surface area contributed by atoms with Gasteiger partial charge in [0.2, 0.25) is 0 Å². The molecule has 3 nitrogen and oxygen atoms in total. The van der Waals surface area contributed by atoms with Crippen LogP contribution in [0.3, 0.4) is 0 Å². The van der Waals surface area contributed by atoms with E-state index in [4.69, 9.17) is 15.5 Å². The van der Waals surface area contributed by atoms with Crippen LogP contribution in [0.15, 0.2) is 0 Å². The van der Waals surface area contributed by atoms with Crippen molar-refractivity contribution in [3.05, 3.63) is 0 Å². The molecule has 0 amide bonds. The van der Waals surface area contributed by atoms with E-state index < -0.39 is 0 Å². The number of hydrogen-bond donors (Lipinski definition) is 1. The standard InChI is InChI=1S/C20H43NO2/c1-2-3-4-5-6-7-8-9-10-11-12-13-14-15-16-17-19-22-23-20-18-21/h2-21H2,1H3. The molecule has 0 heterocycles. The van der Waals surface area contributed by atoms with Crippen LogP contribution < -0.4 is 5.73 Å². The second-order valence-corrected chi connectivity index (χ2v) is 6.74.